The van der Waals surface area contributed by atoms with Crippen LogP contribution in [0.25, 0.3) is 6.08 Å². The number of cyclic esters (lactones) is 1. The van der Waals surface area contributed by atoms with Gasteiger partial charge in [-0.15, -0.1) is 0 Å². The van der Waals surface area contributed by atoms with Crippen molar-refractivity contribution in [3.05, 3.63) is 76.2 Å². The zero-order valence-electron chi connectivity index (χ0n) is 15.3. The first-order chi connectivity index (χ1) is 13.4. The summed E-state index contributed by atoms with van der Waals surface area (Å²) in [6.07, 6.45) is 1.48. The summed E-state index contributed by atoms with van der Waals surface area (Å²) >= 11 is 6.30. The summed E-state index contributed by atoms with van der Waals surface area (Å²) in [5, 5.41) is 0.303. The van der Waals surface area contributed by atoms with Gasteiger partial charge in [0.2, 0.25) is 5.90 Å². The lowest BCUT2D eigenvalue weighted by molar-refractivity contribution is -0.129. The van der Waals surface area contributed by atoms with E-state index in [1.54, 1.807) is 24.3 Å². The van der Waals surface area contributed by atoms with Gasteiger partial charge in [0.25, 0.3) is 0 Å². The number of benzene rings is 2. The van der Waals surface area contributed by atoms with Gasteiger partial charge in [-0.1, -0.05) is 30.3 Å². The molecule has 0 spiro atoms. The fourth-order valence-corrected chi connectivity index (χ4v) is 2.75. The molecule has 0 unspecified atom stereocenters. The second-order valence-corrected chi connectivity index (χ2v) is 6.50. The van der Waals surface area contributed by atoms with Crippen molar-refractivity contribution < 1.29 is 23.4 Å². The third-order valence-corrected chi connectivity index (χ3v) is 4.02. The van der Waals surface area contributed by atoms with Crippen molar-refractivity contribution in [3.8, 4) is 11.5 Å². The Balaban J connectivity index is 1.94. The number of carbonyl (C=O) groups is 1. The molecule has 0 atom stereocenters. The van der Waals surface area contributed by atoms with Crippen molar-refractivity contribution in [2.45, 2.75) is 6.92 Å². The predicted octanol–water partition coefficient (Wildman–Crippen LogP) is 4.79. The first-order valence-corrected chi connectivity index (χ1v) is 8.69. The van der Waals surface area contributed by atoms with Crippen LogP contribution in [0.4, 0.5) is 4.39 Å². The van der Waals surface area contributed by atoms with Crippen LogP contribution < -0.4 is 9.47 Å². The van der Waals surface area contributed by atoms with Crippen LogP contribution in [0.2, 0.25) is 5.02 Å². The molecule has 7 heteroatoms. The van der Waals surface area contributed by atoms with Crippen LogP contribution in [0.3, 0.4) is 0 Å². The third kappa shape index (κ3) is 4.23. The number of ether oxygens (including phenoxy) is 3. The smallest absolute Gasteiger partial charge is 0.363 e. The molecular weight excluding hydrogens is 385 g/mol. The molecule has 3 rings (SSSR count). The highest BCUT2D eigenvalue weighted by molar-refractivity contribution is 6.32. The van der Waals surface area contributed by atoms with Crippen molar-refractivity contribution in [3.63, 3.8) is 0 Å². The number of carbonyl (C=O) groups excluding carboxylic acids is 1. The zero-order chi connectivity index (χ0) is 20.3. The Bertz CT molecular complexity index is 1010. The zero-order valence-corrected chi connectivity index (χ0v) is 16.0. The van der Waals surface area contributed by atoms with Gasteiger partial charge in [-0.3, -0.25) is 0 Å². The number of nitrogens with zero attached hydrogens (tertiary/aromatic N) is 1. The summed E-state index contributed by atoms with van der Waals surface area (Å²) < 4.78 is 29.9. The normalized spacial score (nSPS) is 14.6. The van der Waals surface area contributed by atoms with Gasteiger partial charge in [-0.05, 0) is 48.4 Å². The summed E-state index contributed by atoms with van der Waals surface area (Å²) in [4.78, 5) is 16.2. The average Bonchev–Trinajstić information content (AvgIpc) is 3.00. The Morgan fingerprint density at radius 1 is 1.36 bits per heavy atom. The third-order valence-electron chi connectivity index (χ3n) is 3.74. The lowest BCUT2D eigenvalue weighted by Crippen LogP contribution is -2.07. The predicted molar refractivity (Wildman–Crippen MR) is 105 cm³/mol. The highest BCUT2D eigenvalue weighted by Crippen LogP contribution is 2.37. The molecule has 2 aromatic carbocycles. The van der Waals surface area contributed by atoms with E-state index in [2.05, 4.69) is 11.6 Å². The fourth-order valence-electron chi connectivity index (χ4n) is 2.48. The van der Waals surface area contributed by atoms with Gasteiger partial charge in [-0.25, -0.2) is 14.2 Å². The first kappa shape index (κ1) is 19.6. The maximum Gasteiger partial charge on any atom is 0.363 e. The van der Waals surface area contributed by atoms with Gasteiger partial charge in [0.1, 0.15) is 12.4 Å². The summed E-state index contributed by atoms with van der Waals surface area (Å²) in [5.41, 5.74) is 1.51. The minimum Gasteiger partial charge on any atom is -0.493 e. The minimum atomic E-state index is -0.684. The summed E-state index contributed by atoms with van der Waals surface area (Å²) in [6.45, 7) is 5.90. The topological polar surface area (TPSA) is 57.1 Å². The Labute approximate surface area is 166 Å². The van der Waals surface area contributed by atoms with Gasteiger partial charge in [0.15, 0.2) is 17.2 Å². The van der Waals surface area contributed by atoms with Crippen LogP contribution in [0.15, 0.2) is 59.2 Å². The molecule has 5 nitrogen and oxygen atoms in total. The Morgan fingerprint density at radius 2 is 2.11 bits per heavy atom. The SMILES string of the molecule is C=C(C)COc1c(Cl)cc(C=C2N=C(c3ccccc3F)OC2=O)cc1OC. The van der Waals surface area contributed by atoms with Crippen molar-refractivity contribution in [1.82, 2.24) is 0 Å². The number of esters is 1. The van der Waals surface area contributed by atoms with Crippen LogP contribution in [0.5, 0.6) is 11.5 Å². The molecule has 0 amide bonds. The molecule has 28 heavy (non-hydrogen) atoms. The second kappa shape index (κ2) is 8.27. The van der Waals surface area contributed by atoms with E-state index in [0.29, 0.717) is 28.7 Å². The van der Waals surface area contributed by atoms with E-state index >= 15 is 0 Å². The number of hydrogen-bond donors (Lipinski definition) is 0. The monoisotopic (exact) mass is 401 g/mol. The van der Waals surface area contributed by atoms with Crippen molar-refractivity contribution in [2.24, 2.45) is 4.99 Å². The highest BCUT2D eigenvalue weighted by atomic mass is 35.5. The molecule has 1 aliphatic heterocycles. The van der Waals surface area contributed by atoms with Crippen LogP contribution in [0, 0.1) is 5.82 Å². The summed E-state index contributed by atoms with van der Waals surface area (Å²) in [7, 11) is 1.48. The summed E-state index contributed by atoms with van der Waals surface area (Å²) in [5.74, 6) is -0.534. The number of halogens is 2. The van der Waals surface area contributed by atoms with Gasteiger partial charge in [-0.2, -0.15) is 0 Å². The molecule has 0 saturated carbocycles. The van der Waals surface area contributed by atoms with Crippen LogP contribution in [-0.2, 0) is 9.53 Å². The van der Waals surface area contributed by atoms with E-state index in [4.69, 9.17) is 25.8 Å². The molecule has 0 aliphatic carbocycles. The van der Waals surface area contributed by atoms with E-state index in [1.165, 1.54) is 25.3 Å². The largest absolute Gasteiger partial charge is 0.493 e. The lowest BCUT2D eigenvalue weighted by Gasteiger charge is -2.13. The van der Waals surface area contributed by atoms with E-state index in [0.717, 1.165) is 5.57 Å². The Kier molecular flexibility index (Phi) is 5.80. The number of methoxy groups -OCH3 is 1. The molecule has 1 heterocycles. The van der Waals surface area contributed by atoms with Crippen LogP contribution in [-0.4, -0.2) is 25.6 Å². The van der Waals surface area contributed by atoms with Gasteiger partial charge >= 0.3 is 5.97 Å². The Hall–Kier alpha value is -3.12. The second-order valence-electron chi connectivity index (χ2n) is 6.10. The molecule has 0 saturated heterocycles. The van der Waals surface area contributed by atoms with Gasteiger partial charge < -0.3 is 14.2 Å². The Morgan fingerprint density at radius 3 is 2.79 bits per heavy atom. The minimum absolute atomic E-state index is 0.0203. The molecule has 0 radical (unpaired) electrons. The van der Waals surface area contributed by atoms with E-state index in [9.17, 15) is 9.18 Å². The summed E-state index contributed by atoms with van der Waals surface area (Å²) in [6, 6.07) is 9.18. The van der Waals surface area contributed by atoms with Crippen molar-refractivity contribution in [1.29, 1.82) is 0 Å². The molecule has 0 fully saturated rings. The fraction of sp³-hybridized carbons (Fsp3) is 0.143. The van der Waals surface area contributed by atoms with E-state index < -0.39 is 11.8 Å². The lowest BCUT2D eigenvalue weighted by atomic mass is 10.1. The number of aliphatic imine (C=N–C) groups is 1. The van der Waals surface area contributed by atoms with Crippen LogP contribution in [0.1, 0.15) is 18.1 Å². The molecule has 0 bridgehead atoms. The molecular formula is C21H17ClFNO4. The van der Waals surface area contributed by atoms with Crippen LogP contribution >= 0.6 is 11.6 Å². The quantitative estimate of drug-likeness (QED) is 0.397. The molecule has 144 valence electrons. The van der Waals surface area contributed by atoms with E-state index in [-0.39, 0.29) is 17.2 Å². The van der Waals surface area contributed by atoms with Crippen molar-refractivity contribution >= 4 is 29.5 Å². The molecule has 0 N–H and O–H groups in total. The molecule has 0 aromatic heterocycles. The average molecular weight is 402 g/mol. The molecule has 2 aromatic rings. The van der Waals surface area contributed by atoms with Gasteiger partial charge in [0.05, 0.1) is 17.7 Å². The highest BCUT2D eigenvalue weighted by Gasteiger charge is 2.26. The van der Waals surface area contributed by atoms with E-state index in [1.807, 2.05) is 6.92 Å². The van der Waals surface area contributed by atoms with Gasteiger partial charge in [0, 0.05) is 0 Å². The maximum atomic E-state index is 13.9. The number of rotatable bonds is 6. The molecule has 1 aliphatic rings. The standard InChI is InChI=1S/C21H17ClFNO4/c1-12(2)11-27-19-15(22)8-13(10-18(19)26-3)9-17-21(25)28-20(24-17)14-6-4-5-7-16(14)23/h4-10H,1,11H2,2-3H3. The first-order valence-electron chi connectivity index (χ1n) is 8.31. The number of hydrogen-bond acceptors (Lipinski definition) is 5. The van der Waals surface area contributed by atoms with Crippen molar-refractivity contribution in [2.75, 3.05) is 13.7 Å². The maximum absolute atomic E-state index is 13.9.